The normalized spacial score (nSPS) is 19.6. The second kappa shape index (κ2) is 16.3. The molecule has 44 heavy (non-hydrogen) atoms. The zero-order chi connectivity index (χ0) is 31.5. The summed E-state index contributed by atoms with van der Waals surface area (Å²) in [5, 5.41) is 25.7. The van der Waals surface area contributed by atoms with Crippen molar-refractivity contribution in [1.82, 2.24) is 15.5 Å². The second-order valence-electron chi connectivity index (χ2n) is 11.0. The van der Waals surface area contributed by atoms with Gasteiger partial charge < -0.3 is 35.1 Å². The van der Waals surface area contributed by atoms with Crippen LogP contribution in [0.5, 0.6) is 0 Å². The summed E-state index contributed by atoms with van der Waals surface area (Å²) in [5.41, 5.74) is 4.39. The zero-order valence-electron chi connectivity index (χ0n) is 25.5. The van der Waals surface area contributed by atoms with Crippen LogP contribution in [0.3, 0.4) is 0 Å². The number of aliphatic hydroxyl groups excluding tert-OH is 2. The fourth-order valence-electron chi connectivity index (χ4n) is 5.09. The Morgan fingerprint density at radius 2 is 1.61 bits per heavy atom. The molecule has 10 nitrogen and oxygen atoms in total. The molecule has 0 saturated carbocycles. The molecule has 236 valence electrons. The lowest BCUT2D eigenvalue weighted by molar-refractivity contribution is -0.253. The largest absolute Gasteiger partial charge is 0.465 e. The summed E-state index contributed by atoms with van der Waals surface area (Å²) in [6.07, 6.45) is -1.08. The minimum Gasteiger partial charge on any atom is -0.465 e. The molecule has 4 N–H and O–H groups in total. The first-order valence-corrected chi connectivity index (χ1v) is 15.0. The van der Waals surface area contributed by atoms with Crippen molar-refractivity contribution in [3.8, 4) is 0 Å². The molecule has 0 bridgehead atoms. The van der Waals surface area contributed by atoms with Gasteiger partial charge in [-0.2, -0.15) is 0 Å². The predicted molar refractivity (Wildman–Crippen MR) is 165 cm³/mol. The van der Waals surface area contributed by atoms with Crippen LogP contribution >= 0.6 is 0 Å². The van der Waals surface area contributed by atoms with Crippen molar-refractivity contribution in [3.05, 3.63) is 107 Å². The van der Waals surface area contributed by atoms with Gasteiger partial charge in [0, 0.05) is 31.1 Å². The van der Waals surface area contributed by atoms with Gasteiger partial charge in [0.05, 0.1) is 31.5 Å². The number of nitrogens with one attached hydrogen (secondary N) is 2. The van der Waals surface area contributed by atoms with Gasteiger partial charge in [0.2, 0.25) is 0 Å². The summed E-state index contributed by atoms with van der Waals surface area (Å²) in [7, 11) is 1.99. The Morgan fingerprint density at radius 1 is 0.955 bits per heavy atom. The third-order valence-electron chi connectivity index (χ3n) is 7.80. The molecule has 1 fully saturated rings. The minimum absolute atomic E-state index is 0.0269. The maximum Gasteiger partial charge on any atom is 0.325 e. The Bertz CT molecular complexity index is 1320. The molecule has 3 aromatic carbocycles. The van der Waals surface area contributed by atoms with E-state index in [1.165, 1.54) is 0 Å². The summed E-state index contributed by atoms with van der Waals surface area (Å²) in [5.74, 6) is -0.492. The van der Waals surface area contributed by atoms with Gasteiger partial charge in [0.1, 0.15) is 6.54 Å². The maximum absolute atomic E-state index is 12.0. The summed E-state index contributed by atoms with van der Waals surface area (Å²) >= 11 is 0. The van der Waals surface area contributed by atoms with Crippen LogP contribution in [-0.2, 0) is 32.2 Å². The monoisotopic (exact) mass is 605 g/mol. The number of likely N-dealkylation sites (N-methyl/N-ethyl adjacent to an activating group) is 1. The Balaban J connectivity index is 1.42. The Morgan fingerprint density at radius 3 is 2.27 bits per heavy atom. The first-order chi connectivity index (χ1) is 21.3. The van der Waals surface area contributed by atoms with Crippen LogP contribution in [0.4, 0.5) is 4.79 Å². The van der Waals surface area contributed by atoms with Crippen LogP contribution in [-0.4, -0.2) is 66.0 Å². The van der Waals surface area contributed by atoms with Gasteiger partial charge in [0.15, 0.2) is 6.29 Å². The van der Waals surface area contributed by atoms with Crippen LogP contribution in [0.1, 0.15) is 66.6 Å². The van der Waals surface area contributed by atoms with E-state index in [0.29, 0.717) is 13.0 Å². The number of esters is 1. The molecule has 0 radical (unpaired) electrons. The van der Waals surface area contributed by atoms with E-state index >= 15 is 0 Å². The number of ether oxygens (including phenoxy) is 3. The fourth-order valence-corrected chi connectivity index (χ4v) is 5.09. The Hall–Kier alpha value is -3.80. The quantitative estimate of drug-likeness (QED) is 0.214. The van der Waals surface area contributed by atoms with Crippen LogP contribution in [0.2, 0.25) is 0 Å². The standard InChI is InChI=1S/C34H43N3O7/c1-4-42-31(39)20-36-34(41)35-19-24-10-16-28(17-11-24)33-43-29(18-30(44-33)26-14-12-25(22-38)13-15-26)21-37(3)23(2)32(40)27-8-6-5-7-9-27/h5-17,23,29-30,32-33,38,40H,4,18-22H2,1-3H3,(H2,35,36,41). The van der Waals surface area contributed by atoms with Crippen molar-refractivity contribution in [2.45, 2.75) is 64.1 Å². The van der Waals surface area contributed by atoms with Crippen molar-refractivity contribution < 1.29 is 34.0 Å². The van der Waals surface area contributed by atoms with Crippen molar-refractivity contribution in [2.75, 3.05) is 26.7 Å². The van der Waals surface area contributed by atoms with Gasteiger partial charge in [-0.1, -0.05) is 78.9 Å². The van der Waals surface area contributed by atoms with E-state index in [1.807, 2.05) is 92.8 Å². The van der Waals surface area contributed by atoms with E-state index in [2.05, 4.69) is 15.5 Å². The van der Waals surface area contributed by atoms with E-state index in [1.54, 1.807) is 6.92 Å². The van der Waals surface area contributed by atoms with Crippen molar-refractivity contribution in [2.24, 2.45) is 0 Å². The van der Waals surface area contributed by atoms with Crippen LogP contribution in [0.25, 0.3) is 0 Å². The van der Waals surface area contributed by atoms with Gasteiger partial charge in [0.25, 0.3) is 0 Å². The molecule has 1 saturated heterocycles. The van der Waals surface area contributed by atoms with Crippen molar-refractivity contribution >= 4 is 12.0 Å². The highest BCUT2D eigenvalue weighted by Gasteiger charge is 2.34. The molecule has 1 aliphatic rings. The van der Waals surface area contributed by atoms with Crippen LogP contribution < -0.4 is 10.6 Å². The summed E-state index contributed by atoms with van der Waals surface area (Å²) in [6, 6.07) is 24.4. The molecule has 0 aliphatic carbocycles. The number of carbonyl (C=O) groups excluding carboxylic acids is 2. The molecule has 4 rings (SSSR count). The number of hydrogen-bond acceptors (Lipinski definition) is 8. The Labute approximate surface area is 258 Å². The first kappa shape index (κ1) is 33.1. The van der Waals surface area contributed by atoms with E-state index in [0.717, 1.165) is 27.8 Å². The summed E-state index contributed by atoms with van der Waals surface area (Å²) in [4.78, 5) is 25.6. The number of rotatable bonds is 13. The number of amides is 2. The molecule has 5 atom stereocenters. The highest BCUT2D eigenvalue weighted by atomic mass is 16.7. The molecular formula is C34H43N3O7. The number of aliphatic hydroxyl groups is 2. The highest BCUT2D eigenvalue weighted by Crippen LogP contribution is 2.38. The van der Waals surface area contributed by atoms with Gasteiger partial charge in [-0.05, 0) is 43.1 Å². The molecular weight excluding hydrogens is 562 g/mol. The Kier molecular flexibility index (Phi) is 12.3. The van der Waals surface area contributed by atoms with Crippen LogP contribution in [0, 0.1) is 0 Å². The highest BCUT2D eigenvalue weighted by molar-refractivity contribution is 5.80. The lowest BCUT2D eigenvalue weighted by Gasteiger charge is -2.39. The number of nitrogens with zero attached hydrogens (tertiary/aromatic N) is 1. The van der Waals surface area contributed by atoms with E-state index in [-0.39, 0.29) is 44.6 Å². The van der Waals surface area contributed by atoms with Crippen molar-refractivity contribution in [3.63, 3.8) is 0 Å². The molecule has 10 heteroatoms. The average Bonchev–Trinajstić information content (AvgIpc) is 3.06. The molecule has 3 aromatic rings. The summed E-state index contributed by atoms with van der Waals surface area (Å²) in [6.45, 7) is 4.60. The third kappa shape index (κ3) is 9.35. The SMILES string of the molecule is CCOC(=O)CNC(=O)NCc1ccc(C2OC(CN(C)C(C)C(O)c3ccccc3)CC(c3ccc(CO)cc3)O2)cc1. The average molecular weight is 606 g/mol. The van der Waals surface area contributed by atoms with E-state index < -0.39 is 24.4 Å². The van der Waals surface area contributed by atoms with Gasteiger partial charge in [-0.3, -0.25) is 9.69 Å². The van der Waals surface area contributed by atoms with Crippen molar-refractivity contribution in [1.29, 1.82) is 0 Å². The zero-order valence-corrected chi connectivity index (χ0v) is 25.5. The molecule has 5 unspecified atom stereocenters. The maximum atomic E-state index is 12.0. The smallest absolute Gasteiger partial charge is 0.325 e. The van der Waals surface area contributed by atoms with Gasteiger partial charge >= 0.3 is 12.0 Å². The lowest BCUT2D eigenvalue weighted by atomic mass is 9.98. The lowest BCUT2D eigenvalue weighted by Crippen LogP contribution is -2.43. The fraction of sp³-hybridized carbons (Fsp3) is 0.412. The predicted octanol–water partition coefficient (Wildman–Crippen LogP) is 4.14. The molecule has 0 spiro atoms. The number of urea groups is 1. The summed E-state index contributed by atoms with van der Waals surface area (Å²) < 4.78 is 17.7. The molecule has 1 aliphatic heterocycles. The molecule has 0 aromatic heterocycles. The minimum atomic E-state index is -0.646. The number of hydrogen-bond donors (Lipinski definition) is 4. The van der Waals surface area contributed by atoms with E-state index in [9.17, 15) is 19.8 Å². The first-order valence-electron chi connectivity index (χ1n) is 15.0. The number of carbonyl (C=O) groups is 2. The molecule has 2 amide bonds. The third-order valence-corrected chi connectivity index (χ3v) is 7.80. The van der Waals surface area contributed by atoms with E-state index in [4.69, 9.17) is 14.2 Å². The topological polar surface area (TPSA) is 130 Å². The molecule has 1 heterocycles. The second-order valence-corrected chi connectivity index (χ2v) is 11.0. The van der Waals surface area contributed by atoms with Crippen LogP contribution in [0.15, 0.2) is 78.9 Å². The van der Waals surface area contributed by atoms with Gasteiger partial charge in [-0.25, -0.2) is 4.79 Å². The van der Waals surface area contributed by atoms with Gasteiger partial charge in [-0.15, -0.1) is 0 Å². The number of benzene rings is 3.